The van der Waals surface area contributed by atoms with Crippen molar-refractivity contribution in [2.75, 3.05) is 25.0 Å². The second-order valence-electron chi connectivity index (χ2n) is 6.29. The molecule has 0 spiro atoms. The molecule has 0 unspecified atom stereocenters. The molecular weight excluding hydrogens is 392 g/mol. The van der Waals surface area contributed by atoms with E-state index in [0.717, 1.165) is 12.0 Å². The highest BCUT2D eigenvalue weighted by molar-refractivity contribution is 7.89. The average molecular weight is 419 g/mol. The summed E-state index contributed by atoms with van der Waals surface area (Å²) in [6, 6.07) is 13.0. The Morgan fingerprint density at radius 1 is 1.00 bits per heavy atom. The van der Waals surface area contributed by atoms with Crippen LogP contribution in [-0.2, 0) is 26.0 Å². The van der Waals surface area contributed by atoms with Crippen LogP contribution in [0.5, 0.6) is 0 Å². The van der Waals surface area contributed by atoms with Gasteiger partial charge in [0.15, 0.2) is 6.61 Å². The van der Waals surface area contributed by atoms with Crippen LogP contribution in [0, 0.1) is 0 Å². The van der Waals surface area contributed by atoms with Gasteiger partial charge in [-0.2, -0.15) is 4.31 Å². The van der Waals surface area contributed by atoms with E-state index in [9.17, 15) is 18.0 Å². The lowest BCUT2D eigenvalue weighted by Crippen LogP contribution is -2.30. The lowest BCUT2D eigenvalue weighted by atomic mass is 10.1. The molecule has 0 heterocycles. The Kier molecular flexibility index (Phi) is 7.92. The van der Waals surface area contributed by atoms with Gasteiger partial charge < -0.3 is 10.1 Å². The smallest absolute Gasteiger partial charge is 0.338 e. The van der Waals surface area contributed by atoms with Crippen LogP contribution in [0.25, 0.3) is 0 Å². The predicted molar refractivity (Wildman–Crippen MR) is 111 cm³/mol. The molecule has 0 bridgehead atoms. The SMILES string of the molecule is CCc1ccc(NC(=O)COC(=O)c2cccc(S(=O)(=O)N(CC)CC)c2)cc1. The van der Waals surface area contributed by atoms with E-state index in [1.54, 1.807) is 26.0 Å². The highest BCUT2D eigenvalue weighted by Gasteiger charge is 2.23. The number of hydrogen-bond acceptors (Lipinski definition) is 5. The zero-order chi connectivity index (χ0) is 21.4. The van der Waals surface area contributed by atoms with Gasteiger partial charge in [-0.15, -0.1) is 0 Å². The molecule has 0 aliphatic heterocycles. The van der Waals surface area contributed by atoms with Crippen molar-refractivity contribution in [3.8, 4) is 0 Å². The number of amides is 1. The van der Waals surface area contributed by atoms with Crippen molar-refractivity contribution in [2.24, 2.45) is 0 Å². The molecule has 29 heavy (non-hydrogen) atoms. The van der Waals surface area contributed by atoms with Gasteiger partial charge in [-0.1, -0.05) is 39.0 Å². The number of aryl methyl sites for hydroxylation is 1. The maximum absolute atomic E-state index is 12.6. The zero-order valence-electron chi connectivity index (χ0n) is 16.8. The number of hydrogen-bond donors (Lipinski definition) is 1. The number of carbonyl (C=O) groups is 2. The number of ether oxygens (including phenoxy) is 1. The van der Waals surface area contributed by atoms with E-state index < -0.39 is 28.5 Å². The van der Waals surface area contributed by atoms with Gasteiger partial charge in [0.25, 0.3) is 5.91 Å². The number of rotatable bonds is 9. The van der Waals surface area contributed by atoms with Gasteiger partial charge in [-0.3, -0.25) is 4.79 Å². The molecule has 2 aromatic rings. The summed E-state index contributed by atoms with van der Waals surface area (Å²) in [4.78, 5) is 24.3. The summed E-state index contributed by atoms with van der Waals surface area (Å²) in [6.07, 6.45) is 0.898. The van der Waals surface area contributed by atoms with E-state index in [4.69, 9.17) is 4.74 Å². The first-order chi connectivity index (χ1) is 13.8. The summed E-state index contributed by atoms with van der Waals surface area (Å²) in [5.74, 6) is -1.24. The quantitative estimate of drug-likeness (QED) is 0.632. The Morgan fingerprint density at radius 2 is 1.66 bits per heavy atom. The molecule has 8 heteroatoms. The predicted octanol–water partition coefficient (Wildman–Crippen LogP) is 3.08. The number of nitrogens with one attached hydrogen (secondary N) is 1. The summed E-state index contributed by atoms with van der Waals surface area (Å²) in [5.41, 5.74) is 1.82. The fourth-order valence-electron chi connectivity index (χ4n) is 2.73. The van der Waals surface area contributed by atoms with Gasteiger partial charge in [0, 0.05) is 18.8 Å². The fraction of sp³-hybridized carbons (Fsp3) is 0.333. The molecule has 7 nitrogen and oxygen atoms in total. The third-order valence-electron chi connectivity index (χ3n) is 4.39. The van der Waals surface area contributed by atoms with Crippen molar-refractivity contribution in [1.29, 1.82) is 0 Å². The van der Waals surface area contributed by atoms with Crippen molar-refractivity contribution in [2.45, 2.75) is 32.1 Å². The topological polar surface area (TPSA) is 92.8 Å². The third kappa shape index (κ3) is 5.88. The summed E-state index contributed by atoms with van der Waals surface area (Å²) in [7, 11) is -3.69. The molecule has 0 aliphatic rings. The van der Waals surface area contributed by atoms with Gasteiger partial charge in [-0.05, 0) is 42.3 Å². The Morgan fingerprint density at radius 3 is 2.24 bits per heavy atom. The van der Waals surface area contributed by atoms with Gasteiger partial charge in [0.05, 0.1) is 10.5 Å². The minimum absolute atomic E-state index is 0.0103. The molecule has 0 atom stereocenters. The highest BCUT2D eigenvalue weighted by Crippen LogP contribution is 2.17. The van der Waals surface area contributed by atoms with E-state index in [-0.39, 0.29) is 10.5 Å². The second kappa shape index (κ2) is 10.2. The Balaban J connectivity index is 2.01. The molecule has 0 saturated carbocycles. The van der Waals surface area contributed by atoms with E-state index in [1.807, 2.05) is 19.1 Å². The molecule has 0 aliphatic carbocycles. The first-order valence-corrected chi connectivity index (χ1v) is 10.9. The molecule has 1 N–H and O–H groups in total. The summed E-state index contributed by atoms with van der Waals surface area (Å²) < 4.78 is 31.5. The molecule has 0 radical (unpaired) electrons. The molecule has 2 aromatic carbocycles. The minimum Gasteiger partial charge on any atom is -0.452 e. The van der Waals surface area contributed by atoms with Crippen LogP contribution in [0.2, 0.25) is 0 Å². The first-order valence-electron chi connectivity index (χ1n) is 9.47. The first kappa shape index (κ1) is 22.6. The van der Waals surface area contributed by atoms with Crippen LogP contribution >= 0.6 is 0 Å². The van der Waals surface area contributed by atoms with Gasteiger partial charge >= 0.3 is 5.97 Å². The number of sulfonamides is 1. The van der Waals surface area contributed by atoms with E-state index in [0.29, 0.717) is 18.8 Å². The van der Waals surface area contributed by atoms with Crippen LogP contribution in [-0.4, -0.2) is 44.3 Å². The largest absolute Gasteiger partial charge is 0.452 e. The average Bonchev–Trinajstić information content (AvgIpc) is 2.73. The number of anilines is 1. The van der Waals surface area contributed by atoms with Crippen molar-refractivity contribution >= 4 is 27.6 Å². The fourth-order valence-corrected chi connectivity index (χ4v) is 4.24. The van der Waals surface area contributed by atoms with Crippen LogP contribution in [0.1, 0.15) is 36.7 Å². The van der Waals surface area contributed by atoms with Crippen LogP contribution in [0.3, 0.4) is 0 Å². The third-order valence-corrected chi connectivity index (χ3v) is 6.44. The van der Waals surface area contributed by atoms with E-state index >= 15 is 0 Å². The molecule has 0 fully saturated rings. The Labute approximate surface area is 171 Å². The van der Waals surface area contributed by atoms with Gasteiger partial charge in [0.2, 0.25) is 10.0 Å². The number of benzene rings is 2. The highest BCUT2D eigenvalue weighted by atomic mass is 32.2. The monoisotopic (exact) mass is 418 g/mol. The normalized spacial score (nSPS) is 11.3. The lowest BCUT2D eigenvalue weighted by Gasteiger charge is -2.18. The maximum atomic E-state index is 12.6. The summed E-state index contributed by atoms with van der Waals surface area (Å²) >= 11 is 0. The van der Waals surface area contributed by atoms with Crippen LogP contribution in [0.15, 0.2) is 53.4 Å². The van der Waals surface area contributed by atoms with Gasteiger partial charge in [-0.25, -0.2) is 13.2 Å². The van der Waals surface area contributed by atoms with E-state index in [2.05, 4.69) is 5.32 Å². The molecule has 0 aromatic heterocycles. The van der Waals surface area contributed by atoms with Crippen LogP contribution in [0.4, 0.5) is 5.69 Å². The van der Waals surface area contributed by atoms with Crippen molar-refractivity contribution < 1.29 is 22.7 Å². The second-order valence-corrected chi connectivity index (χ2v) is 8.23. The van der Waals surface area contributed by atoms with Crippen molar-refractivity contribution in [3.63, 3.8) is 0 Å². The number of carbonyl (C=O) groups excluding carboxylic acids is 2. The molecular formula is C21H26N2O5S. The zero-order valence-corrected chi connectivity index (χ0v) is 17.7. The van der Waals surface area contributed by atoms with Gasteiger partial charge in [0.1, 0.15) is 0 Å². The molecule has 156 valence electrons. The molecule has 1 amide bonds. The number of nitrogens with zero attached hydrogens (tertiary/aromatic N) is 1. The summed E-state index contributed by atoms with van der Waals surface area (Å²) in [6.45, 7) is 5.71. The standard InChI is InChI=1S/C21H26N2O5S/c1-4-16-10-12-18(13-11-16)22-20(24)15-28-21(25)17-8-7-9-19(14-17)29(26,27)23(5-2)6-3/h7-14H,4-6,15H2,1-3H3,(H,22,24). The van der Waals surface area contributed by atoms with Crippen LogP contribution < -0.4 is 5.32 Å². The Hall–Kier alpha value is -2.71. The molecule has 2 rings (SSSR count). The Bertz CT molecular complexity index is 951. The molecule has 0 saturated heterocycles. The summed E-state index contributed by atoms with van der Waals surface area (Å²) in [5, 5.41) is 2.65. The minimum atomic E-state index is -3.69. The van der Waals surface area contributed by atoms with Crippen molar-refractivity contribution in [1.82, 2.24) is 4.31 Å². The number of esters is 1. The maximum Gasteiger partial charge on any atom is 0.338 e. The van der Waals surface area contributed by atoms with Crippen molar-refractivity contribution in [3.05, 3.63) is 59.7 Å². The van der Waals surface area contributed by atoms with E-state index in [1.165, 1.54) is 28.6 Å². The lowest BCUT2D eigenvalue weighted by molar-refractivity contribution is -0.119.